The van der Waals surface area contributed by atoms with Crippen molar-refractivity contribution in [1.29, 1.82) is 0 Å². The van der Waals surface area contributed by atoms with Gasteiger partial charge in [0.2, 0.25) is 0 Å². The Morgan fingerprint density at radius 1 is 1.00 bits per heavy atom. The molecule has 1 atom stereocenters. The van der Waals surface area contributed by atoms with E-state index in [2.05, 4.69) is 10.6 Å². The zero-order valence-corrected chi connectivity index (χ0v) is 11.1. The van der Waals surface area contributed by atoms with Gasteiger partial charge in [-0.05, 0) is 22.4 Å². The first-order valence-corrected chi connectivity index (χ1v) is 6.42. The van der Waals surface area contributed by atoms with E-state index in [1.807, 2.05) is 36.4 Å². The maximum absolute atomic E-state index is 11.2. The highest BCUT2D eigenvalue weighted by Crippen LogP contribution is 2.36. The zero-order valence-electron chi connectivity index (χ0n) is 11.1. The van der Waals surface area contributed by atoms with Crippen LogP contribution in [0.4, 0.5) is 9.59 Å². The lowest BCUT2D eigenvalue weighted by molar-refractivity contribution is 0.247. The third-order valence-corrected chi connectivity index (χ3v) is 3.45. The lowest BCUT2D eigenvalue weighted by Gasteiger charge is -2.25. The first-order chi connectivity index (χ1) is 10.1. The molecule has 6 heteroatoms. The van der Waals surface area contributed by atoms with Gasteiger partial charge in [0.15, 0.2) is 0 Å². The first-order valence-electron chi connectivity index (χ1n) is 6.42. The topological polar surface area (TPSA) is 110 Å². The molecule has 1 aliphatic carbocycles. The van der Waals surface area contributed by atoms with Crippen LogP contribution in [0.15, 0.2) is 42.5 Å². The number of urea groups is 2. The van der Waals surface area contributed by atoms with Gasteiger partial charge in [0, 0.05) is 11.3 Å². The van der Waals surface area contributed by atoms with Crippen LogP contribution >= 0.6 is 0 Å². The lowest BCUT2D eigenvalue weighted by atomic mass is 9.88. The summed E-state index contributed by atoms with van der Waals surface area (Å²) >= 11 is 0. The van der Waals surface area contributed by atoms with E-state index in [0.29, 0.717) is 5.70 Å². The molecule has 1 unspecified atom stereocenters. The Bertz CT molecular complexity index is 777. The van der Waals surface area contributed by atoms with Crippen molar-refractivity contribution in [2.24, 2.45) is 11.5 Å². The summed E-state index contributed by atoms with van der Waals surface area (Å²) in [7, 11) is 0. The maximum atomic E-state index is 11.2. The number of hydrogen-bond acceptors (Lipinski definition) is 2. The van der Waals surface area contributed by atoms with Crippen molar-refractivity contribution in [3.8, 4) is 0 Å². The summed E-state index contributed by atoms with van der Waals surface area (Å²) in [5.74, 6) is 0. The average molecular weight is 282 g/mol. The number of benzene rings is 2. The van der Waals surface area contributed by atoms with Crippen molar-refractivity contribution in [2.45, 2.75) is 6.04 Å². The number of hydrogen-bond donors (Lipinski definition) is 4. The Balaban J connectivity index is 2.23. The van der Waals surface area contributed by atoms with Crippen LogP contribution in [-0.2, 0) is 0 Å². The van der Waals surface area contributed by atoms with Crippen LogP contribution in [-0.4, -0.2) is 12.1 Å². The highest BCUT2D eigenvalue weighted by Gasteiger charge is 2.23. The van der Waals surface area contributed by atoms with Gasteiger partial charge in [-0.2, -0.15) is 0 Å². The number of amides is 4. The minimum atomic E-state index is -0.657. The van der Waals surface area contributed by atoms with Crippen LogP contribution in [0.1, 0.15) is 17.2 Å². The second-order valence-corrected chi connectivity index (χ2v) is 4.81. The fourth-order valence-corrected chi connectivity index (χ4v) is 2.71. The molecule has 0 spiro atoms. The van der Waals surface area contributed by atoms with Crippen molar-refractivity contribution in [3.05, 3.63) is 53.6 Å². The van der Waals surface area contributed by atoms with Gasteiger partial charge in [-0.25, -0.2) is 9.59 Å². The van der Waals surface area contributed by atoms with Crippen LogP contribution in [0.2, 0.25) is 0 Å². The summed E-state index contributed by atoms with van der Waals surface area (Å²) in [4.78, 5) is 22.4. The van der Waals surface area contributed by atoms with Gasteiger partial charge in [-0.15, -0.1) is 0 Å². The van der Waals surface area contributed by atoms with Crippen molar-refractivity contribution in [3.63, 3.8) is 0 Å². The van der Waals surface area contributed by atoms with E-state index in [9.17, 15) is 9.59 Å². The molecule has 2 aromatic rings. The SMILES string of the molecule is NC(=O)NC1=CC(NC(N)=O)c2cccc3cccc1c23. The fourth-order valence-electron chi connectivity index (χ4n) is 2.71. The van der Waals surface area contributed by atoms with E-state index in [1.165, 1.54) is 0 Å². The molecule has 6 N–H and O–H groups in total. The molecule has 1 aliphatic rings. The molecule has 0 saturated carbocycles. The highest BCUT2D eigenvalue weighted by molar-refractivity contribution is 6.01. The summed E-state index contributed by atoms with van der Waals surface area (Å²) in [5.41, 5.74) is 12.8. The monoisotopic (exact) mass is 282 g/mol. The molecule has 0 saturated heterocycles. The van der Waals surface area contributed by atoms with Crippen LogP contribution in [0, 0.1) is 0 Å². The fraction of sp³-hybridized carbons (Fsp3) is 0.0667. The zero-order chi connectivity index (χ0) is 15.0. The summed E-state index contributed by atoms with van der Waals surface area (Å²) in [5, 5.41) is 7.22. The Morgan fingerprint density at radius 2 is 1.71 bits per heavy atom. The van der Waals surface area contributed by atoms with Gasteiger partial charge in [-0.3, -0.25) is 0 Å². The molecule has 0 aromatic heterocycles. The van der Waals surface area contributed by atoms with Crippen LogP contribution in [0.3, 0.4) is 0 Å². The molecular formula is C15H14N4O2. The standard InChI is InChI=1S/C15H14N4O2/c16-14(20)18-11-7-12(19-15(17)21)10-6-2-4-8-3-1-5-9(11)13(8)10/h1-7,11H,(H3,16,18,20)(H3,17,19,21). The van der Waals surface area contributed by atoms with Gasteiger partial charge < -0.3 is 22.1 Å². The van der Waals surface area contributed by atoms with Crippen molar-refractivity contribution in [1.82, 2.24) is 10.6 Å². The number of carbonyl (C=O) groups is 2. The summed E-state index contributed by atoms with van der Waals surface area (Å²) in [6.45, 7) is 0. The Hall–Kier alpha value is -3.02. The van der Waals surface area contributed by atoms with Gasteiger partial charge >= 0.3 is 12.1 Å². The molecule has 0 aliphatic heterocycles. The number of rotatable bonds is 2. The van der Waals surface area contributed by atoms with E-state index < -0.39 is 18.1 Å². The predicted octanol–water partition coefficient (Wildman–Crippen LogP) is 1.57. The van der Waals surface area contributed by atoms with Gasteiger partial charge in [0.25, 0.3) is 0 Å². The van der Waals surface area contributed by atoms with Gasteiger partial charge in [0.1, 0.15) is 0 Å². The largest absolute Gasteiger partial charge is 0.352 e. The minimum Gasteiger partial charge on any atom is -0.352 e. The van der Waals surface area contributed by atoms with Crippen LogP contribution in [0.5, 0.6) is 0 Å². The van der Waals surface area contributed by atoms with E-state index in [1.54, 1.807) is 6.08 Å². The molecule has 106 valence electrons. The number of nitrogens with two attached hydrogens (primary N) is 2. The third kappa shape index (κ3) is 2.27. The normalized spacial score (nSPS) is 16.2. The molecule has 0 radical (unpaired) electrons. The number of carbonyl (C=O) groups excluding carboxylic acids is 2. The molecule has 3 rings (SSSR count). The molecular weight excluding hydrogens is 268 g/mol. The van der Waals surface area contributed by atoms with E-state index >= 15 is 0 Å². The Morgan fingerprint density at radius 3 is 2.38 bits per heavy atom. The molecule has 0 fully saturated rings. The molecule has 2 aromatic carbocycles. The number of nitrogens with one attached hydrogen (secondary N) is 2. The average Bonchev–Trinajstić information content (AvgIpc) is 2.42. The van der Waals surface area contributed by atoms with Crippen LogP contribution in [0.25, 0.3) is 16.5 Å². The molecule has 0 bridgehead atoms. The van der Waals surface area contributed by atoms with Crippen molar-refractivity contribution < 1.29 is 9.59 Å². The van der Waals surface area contributed by atoms with E-state index in [0.717, 1.165) is 21.9 Å². The lowest BCUT2D eigenvalue weighted by Crippen LogP contribution is -2.35. The quantitative estimate of drug-likeness (QED) is 0.670. The van der Waals surface area contributed by atoms with Crippen molar-refractivity contribution in [2.75, 3.05) is 0 Å². The molecule has 4 amide bonds. The summed E-state index contributed by atoms with van der Waals surface area (Å²) in [6.07, 6.45) is 1.73. The second kappa shape index (κ2) is 4.82. The van der Waals surface area contributed by atoms with Crippen molar-refractivity contribution >= 4 is 28.5 Å². The van der Waals surface area contributed by atoms with E-state index in [-0.39, 0.29) is 0 Å². The Kier molecular flexibility index (Phi) is 2.98. The number of primary amides is 2. The predicted molar refractivity (Wildman–Crippen MR) is 80.1 cm³/mol. The highest BCUT2D eigenvalue weighted by atomic mass is 16.2. The second-order valence-electron chi connectivity index (χ2n) is 4.81. The minimum absolute atomic E-state index is 0.414. The summed E-state index contributed by atoms with van der Waals surface area (Å²) in [6, 6.07) is 9.87. The molecule has 0 heterocycles. The third-order valence-electron chi connectivity index (χ3n) is 3.45. The Labute approximate surface area is 120 Å². The maximum Gasteiger partial charge on any atom is 0.316 e. The smallest absolute Gasteiger partial charge is 0.316 e. The summed E-state index contributed by atoms with van der Waals surface area (Å²) < 4.78 is 0. The molecule has 21 heavy (non-hydrogen) atoms. The van der Waals surface area contributed by atoms with Gasteiger partial charge in [-0.1, -0.05) is 36.4 Å². The first kappa shape index (κ1) is 13.0. The molecule has 6 nitrogen and oxygen atoms in total. The van der Waals surface area contributed by atoms with E-state index in [4.69, 9.17) is 11.5 Å². The van der Waals surface area contributed by atoms with Gasteiger partial charge in [0.05, 0.1) is 6.04 Å². The van der Waals surface area contributed by atoms with Crippen LogP contribution < -0.4 is 22.1 Å².